The van der Waals surface area contributed by atoms with Gasteiger partial charge in [0.25, 0.3) is 5.89 Å². The molecule has 0 saturated carbocycles. The highest BCUT2D eigenvalue weighted by molar-refractivity contribution is 7.14. The zero-order valence-corrected chi connectivity index (χ0v) is 9.02. The maximum absolute atomic E-state index is 5.93. The van der Waals surface area contributed by atoms with Crippen molar-refractivity contribution in [3.05, 3.63) is 22.4 Å². The van der Waals surface area contributed by atoms with Crippen LogP contribution in [0.3, 0.4) is 0 Å². The predicted octanol–water partition coefficient (Wildman–Crippen LogP) is 2.17. The molecule has 0 fully saturated rings. The van der Waals surface area contributed by atoms with Crippen LogP contribution < -0.4 is 5.32 Å². The molecule has 0 radical (unpaired) electrons. The summed E-state index contributed by atoms with van der Waals surface area (Å²) in [6.45, 7) is 0.565. The average Bonchev–Trinajstić information content (AvgIpc) is 2.74. The molecule has 0 aliphatic carbocycles. The van der Waals surface area contributed by atoms with Crippen LogP contribution >= 0.6 is 22.9 Å². The number of halogens is 1. The van der Waals surface area contributed by atoms with Gasteiger partial charge in [-0.05, 0) is 18.5 Å². The van der Waals surface area contributed by atoms with Crippen LogP contribution in [0.5, 0.6) is 0 Å². The van der Waals surface area contributed by atoms with Gasteiger partial charge in [0.1, 0.15) is 4.88 Å². The molecule has 4 nitrogen and oxygen atoms in total. The summed E-state index contributed by atoms with van der Waals surface area (Å²) in [5.74, 6) is 1.04. The summed E-state index contributed by atoms with van der Waals surface area (Å²) in [4.78, 5) is 0.821. The van der Waals surface area contributed by atoms with Gasteiger partial charge in [-0.3, -0.25) is 0 Å². The highest BCUT2D eigenvalue weighted by Gasteiger charge is 2.12. The fourth-order valence-corrected chi connectivity index (χ4v) is 2.07. The quantitative estimate of drug-likeness (QED) is 0.877. The first-order valence-electron chi connectivity index (χ1n) is 4.01. The molecule has 74 valence electrons. The molecule has 0 unspecified atom stereocenters. The fourth-order valence-electron chi connectivity index (χ4n) is 1.01. The third kappa shape index (κ3) is 1.79. The molecule has 0 aliphatic rings. The van der Waals surface area contributed by atoms with Crippen molar-refractivity contribution in [2.45, 2.75) is 6.54 Å². The third-order valence-electron chi connectivity index (χ3n) is 1.61. The Labute approximate surface area is 89.9 Å². The van der Waals surface area contributed by atoms with E-state index >= 15 is 0 Å². The van der Waals surface area contributed by atoms with E-state index in [4.69, 9.17) is 16.0 Å². The Morgan fingerprint density at radius 2 is 2.43 bits per heavy atom. The number of nitrogens with one attached hydrogen (secondary N) is 1. The topological polar surface area (TPSA) is 51.0 Å². The van der Waals surface area contributed by atoms with E-state index in [9.17, 15) is 0 Å². The van der Waals surface area contributed by atoms with Gasteiger partial charge in [0.15, 0.2) is 0 Å². The van der Waals surface area contributed by atoms with Crippen LogP contribution in [0.25, 0.3) is 10.8 Å². The van der Waals surface area contributed by atoms with E-state index in [1.54, 1.807) is 0 Å². The third-order valence-corrected chi connectivity index (χ3v) is 2.94. The minimum absolute atomic E-state index is 0.482. The molecule has 2 aromatic heterocycles. The van der Waals surface area contributed by atoms with Gasteiger partial charge < -0.3 is 9.73 Å². The average molecular weight is 230 g/mol. The van der Waals surface area contributed by atoms with Crippen molar-refractivity contribution in [1.29, 1.82) is 0 Å². The van der Waals surface area contributed by atoms with Crippen molar-refractivity contribution in [2.75, 3.05) is 7.05 Å². The highest BCUT2D eigenvalue weighted by atomic mass is 35.5. The summed E-state index contributed by atoms with van der Waals surface area (Å²) in [7, 11) is 1.82. The fraction of sp³-hybridized carbons (Fsp3) is 0.250. The van der Waals surface area contributed by atoms with E-state index in [2.05, 4.69) is 15.5 Å². The maximum atomic E-state index is 5.93. The van der Waals surface area contributed by atoms with E-state index in [0.29, 0.717) is 23.3 Å². The lowest BCUT2D eigenvalue weighted by Gasteiger charge is -1.90. The Morgan fingerprint density at radius 1 is 1.57 bits per heavy atom. The van der Waals surface area contributed by atoms with Crippen molar-refractivity contribution >= 4 is 22.9 Å². The maximum Gasteiger partial charge on any atom is 0.259 e. The van der Waals surface area contributed by atoms with E-state index < -0.39 is 0 Å². The molecule has 0 atom stereocenters. The van der Waals surface area contributed by atoms with Crippen LogP contribution in [0.2, 0.25) is 5.02 Å². The summed E-state index contributed by atoms with van der Waals surface area (Å²) in [6, 6.07) is 1.81. The molecule has 0 aromatic carbocycles. The van der Waals surface area contributed by atoms with Crippen molar-refractivity contribution in [3.8, 4) is 10.8 Å². The van der Waals surface area contributed by atoms with E-state index in [1.807, 2.05) is 18.5 Å². The Hall–Kier alpha value is -0.910. The second kappa shape index (κ2) is 4.08. The number of rotatable bonds is 3. The molecule has 0 bridgehead atoms. The van der Waals surface area contributed by atoms with E-state index in [0.717, 1.165) is 4.88 Å². The first-order valence-corrected chi connectivity index (χ1v) is 5.27. The Kier molecular flexibility index (Phi) is 2.81. The lowest BCUT2D eigenvalue weighted by molar-refractivity contribution is 0.491. The number of nitrogens with zero attached hydrogens (tertiary/aromatic N) is 2. The summed E-state index contributed by atoms with van der Waals surface area (Å²) >= 11 is 7.41. The van der Waals surface area contributed by atoms with Crippen LogP contribution in [0.15, 0.2) is 15.9 Å². The Balaban J connectivity index is 2.29. The van der Waals surface area contributed by atoms with E-state index in [-0.39, 0.29) is 0 Å². The molecule has 2 heterocycles. The minimum Gasteiger partial charge on any atom is -0.418 e. The monoisotopic (exact) mass is 229 g/mol. The zero-order valence-electron chi connectivity index (χ0n) is 7.45. The molecule has 0 aliphatic heterocycles. The highest BCUT2D eigenvalue weighted by Crippen LogP contribution is 2.31. The van der Waals surface area contributed by atoms with Gasteiger partial charge in [0.2, 0.25) is 5.89 Å². The molecule has 14 heavy (non-hydrogen) atoms. The normalized spacial score (nSPS) is 10.7. The van der Waals surface area contributed by atoms with Crippen molar-refractivity contribution < 1.29 is 4.42 Å². The second-order valence-corrected chi connectivity index (χ2v) is 3.95. The number of thiophene rings is 1. The number of aromatic nitrogens is 2. The predicted molar refractivity (Wildman–Crippen MR) is 55.4 cm³/mol. The Bertz CT molecular complexity index is 426. The molecule has 1 N–H and O–H groups in total. The largest absolute Gasteiger partial charge is 0.418 e. The standard InChI is InChI=1S/C8H8ClN3OS/c1-10-4-6-11-12-8(13-6)7-5(9)2-3-14-7/h2-3,10H,4H2,1H3. The SMILES string of the molecule is CNCc1nnc(-c2sccc2Cl)o1. The van der Waals surface area contributed by atoms with E-state index in [1.165, 1.54) is 11.3 Å². The van der Waals surface area contributed by atoms with Crippen molar-refractivity contribution in [3.63, 3.8) is 0 Å². The van der Waals surface area contributed by atoms with Gasteiger partial charge in [-0.2, -0.15) is 0 Å². The summed E-state index contributed by atoms with van der Waals surface area (Å²) in [5.41, 5.74) is 0. The summed E-state index contributed by atoms with van der Waals surface area (Å²) in [6.07, 6.45) is 0. The first-order chi connectivity index (χ1) is 6.81. The van der Waals surface area contributed by atoms with Crippen LogP contribution in [-0.4, -0.2) is 17.2 Å². The molecule has 2 rings (SSSR count). The van der Waals surface area contributed by atoms with Crippen LogP contribution in [0, 0.1) is 0 Å². The second-order valence-electron chi connectivity index (χ2n) is 2.63. The molecule has 0 saturated heterocycles. The minimum atomic E-state index is 0.482. The lowest BCUT2D eigenvalue weighted by atomic mass is 10.5. The molecule has 6 heteroatoms. The number of hydrogen-bond donors (Lipinski definition) is 1. The van der Waals surface area contributed by atoms with Gasteiger partial charge in [-0.15, -0.1) is 21.5 Å². The molecule has 2 aromatic rings. The molecule has 0 amide bonds. The molecular weight excluding hydrogens is 222 g/mol. The molecular formula is C8H8ClN3OS. The molecule has 0 spiro atoms. The number of hydrogen-bond acceptors (Lipinski definition) is 5. The van der Waals surface area contributed by atoms with Crippen molar-refractivity contribution in [2.24, 2.45) is 0 Å². The summed E-state index contributed by atoms with van der Waals surface area (Å²) in [5, 5.41) is 13.2. The first kappa shape index (κ1) is 9.64. The Morgan fingerprint density at radius 3 is 3.07 bits per heavy atom. The van der Waals surface area contributed by atoms with Gasteiger partial charge >= 0.3 is 0 Å². The summed E-state index contributed by atoms with van der Waals surface area (Å²) < 4.78 is 5.39. The zero-order chi connectivity index (χ0) is 9.97. The smallest absolute Gasteiger partial charge is 0.259 e. The van der Waals surface area contributed by atoms with Crippen LogP contribution in [0.1, 0.15) is 5.89 Å². The van der Waals surface area contributed by atoms with Crippen LogP contribution in [-0.2, 0) is 6.54 Å². The van der Waals surface area contributed by atoms with Gasteiger partial charge in [0, 0.05) is 0 Å². The van der Waals surface area contributed by atoms with Gasteiger partial charge in [0.05, 0.1) is 11.6 Å². The van der Waals surface area contributed by atoms with Gasteiger partial charge in [-0.1, -0.05) is 11.6 Å². The lowest BCUT2D eigenvalue weighted by Crippen LogP contribution is -2.04. The van der Waals surface area contributed by atoms with Gasteiger partial charge in [-0.25, -0.2) is 0 Å². The van der Waals surface area contributed by atoms with Crippen molar-refractivity contribution in [1.82, 2.24) is 15.5 Å². The van der Waals surface area contributed by atoms with Crippen LogP contribution in [0.4, 0.5) is 0 Å².